The second-order valence-electron chi connectivity index (χ2n) is 34.7. The third-order valence-corrected chi connectivity index (χ3v) is 29.8. The zero-order valence-corrected chi connectivity index (χ0v) is 80.7. The number of aromatic nitrogens is 2. The van der Waals surface area contributed by atoms with Gasteiger partial charge in [0.05, 0.1) is 31.4 Å². The summed E-state index contributed by atoms with van der Waals surface area (Å²) in [4.78, 5) is 185. The fourth-order valence-electron chi connectivity index (χ4n) is 16.5. The predicted molar refractivity (Wildman–Crippen MR) is 518 cm³/mol. The van der Waals surface area contributed by atoms with Crippen molar-refractivity contribution < 1.29 is 91.4 Å². The number of ether oxygens (including phenoxy) is 5. The lowest BCUT2D eigenvalue weighted by Crippen LogP contribution is -2.63. The fourth-order valence-corrected chi connectivity index (χ4v) is 21.2. The van der Waals surface area contributed by atoms with E-state index in [0.29, 0.717) is 65.3 Å². The van der Waals surface area contributed by atoms with Gasteiger partial charge in [0.2, 0.25) is 59.1 Å². The first-order valence-corrected chi connectivity index (χ1v) is 50.1. The smallest absolute Gasteiger partial charge is 0.409 e. The number of nitrogens with one attached hydrogen (secondary N) is 11. The van der Waals surface area contributed by atoms with E-state index >= 15 is 19.2 Å². The Morgan fingerprint density at radius 1 is 0.754 bits per heavy atom. The molecule has 6 heterocycles. The van der Waals surface area contributed by atoms with Crippen LogP contribution in [0.1, 0.15) is 114 Å². The highest BCUT2D eigenvalue weighted by molar-refractivity contribution is 8.77. The lowest BCUT2D eigenvalue weighted by atomic mass is 9.83. The average Bonchev–Trinajstić information content (AvgIpc) is 1.57. The summed E-state index contributed by atoms with van der Waals surface area (Å²) in [5.74, 6) is -8.77. The molecule has 16 atom stereocenters. The van der Waals surface area contributed by atoms with Crippen LogP contribution in [0, 0.1) is 11.8 Å². The van der Waals surface area contributed by atoms with E-state index in [4.69, 9.17) is 46.8 Å². The number of nitrogens with zero attached hydrogens (tertiary/aromatic N) is 2. The second-order valence-corrected chi connectivity index (χ2v) is 40.3. The summed E-state index contributed by atoms with van der Waals surface area (Å²) in [5.41, 5.74) is 14.6. The highest BCUT2D eigenvalue weighted by atomic mass is 35.5. The molecule has 0 saturated carbocycles. The number of methoxy groups -OCH3 is 2. The second kappa shape index (κ2) is 48.6. The number of phenolic OH excluding ortho intramolecular Hbond substituents is 1. The number of benzene rings is 5. The summed E-state index contributed by atoms with van der Waals surface area (Å²) in [7, 11) is 10.9. The number of esters is 1. The Labute approximate surface area is 799 Å². The van der Waals surface area contributed by atoms with Gasteiger partial charge in [-0.2, -0.15) is 0 Å². The number of aromatic amines is 2. The van der Waals surface area contributed by atoms with Crippen LogP contribution in [0.3, 0.4) is 0 Å². The maximum Gasteiger partial charge on any atom is 0.409 e. The Morgan fingerprint density at radius 2 is 1.40 bits per heavy atom. The first kappa shape index (κ1) is 104. The van der Waals surface area contributed by atoms with Crippen LogP contribution >= 0.6 is 54.8 Å². The van der Waals surface area contributed by atoms with E-state index in [1.807, 2.05) is 91.9 Å². The monoisotopic (exact) mass is 1940 g/mol. The van der Waals surface area contributed by atoms with Crippen molar-refractivity contribution in [1.82, 2.24) is 62.7 Å². The molecular weight excluding hydrogens is 1820 g/mol. The van der Waals surface area contributed by atoms with Gasteiger partial charge in [-0.3, -0.25) is 53.3 Å². The van der Waals surface area contributed by atoms with Gasteiger partial charge in [-0.15, -0.1) is 0 Å². The fraction of sp³-hybridized carbons (Fsp3) is 0.474. The van der Waals surface area contributed by atoms with Crippen molar-refractivity contribution in [3.63, 3.8) is 0 Å². The van der Waals surface area contributed by atoms with E-state index in [-0.39, 0.29) is 86.2 Å². The zero-order chi connectivity index (χ0) is 96.7. The van der Waals surface area contributed by atoms with Gasteiger partial charge in [0.15, 0.2) is 5.72 Å². The lowest BCUT2D eigenvalue weighted by molar-refractivity contribution is -0.162. The van der Waals surface area contributed by atoms with Gasteiger partial charge < -0.3 is 108 Å². The number of nitrogens with two attached hydrogens (primary N) is 2. The van der Waals surface area contributed by atoms with E-state index in [9.17, 15) is 48.6 Å². The molecular formula is C95H122ClN15O19S4. The Hall–Kier alpha value is -10.8. The molecule has 3 saturated heterocycles. The Morgan fingerprint density at radius 3 is 2.07 bits per heavy atom. The van der Waals surface area contributed by atoms with Gasteiger partial charge in [-0.25, -0.2) is 9.59 Å². The summed E-state index contributed by atoms with van der Waals surface area (Å²) in [5, 5.41) is 50.1. The Bertz CT molecular complexity index is 5380. The number of hydrogen-bond donors (Lipinski definition) is 15. The molecule has 3 fully saturated rings. The minimum Gasteiger partial charge on any atom is -0.508 e. The van der Waals surface area contributed by atoms with Crippen LogP contribution in [-0.4, -0.2) is 251 Å². The molecule has 2 aromatic heterocycles. The van der Waals surface area contributed by atoms with Crippen molar-refractivity contribution in [2.45, 2.75) is 209 Å². The molecule has 0 unspecified atom stereocenters. The first-order chi connectivity index (χ1) is 64.1. The number of rotatable bonds is 32. The van der Waals surface area contributed by atoms with Crippen LogP contribution in [0.4, 0.5) is 10.5 Å². The van der Waals surface area contributed by atoms with Crippen LogP contribution in [-0.2, 0) is 104 Å². The van der Waals surface area contributed by atoms with Gasteiger partial charge in [0.25, 0.3) is 0 Å². The van der Waals surface area contributed by atoms with Crippen LogP contribution in [0.25, 0.3) is 21.8 Å². The number of allylic oxidation sites excluding steroid dienone is 3. The molecule has 722 valence electrons. The number of primary amides is 1. The number of carbonyl (C=O) groups excluding carboxylic acids is 12. The minimum atomic E-state index is -1.93. The highest BCUT2D eigenvalue weighted by Crippen LogP contribution is 2.50. The molecule has 134 heavy (non-hydrogen) atoms. The van der Waals surface area contributed by atoms with E-state index in [1.54, 1.807) is 83.6 Å². The van der Waals surface area contributed by atoms with Crippen molar-refractivity contribution in [2.75, 3.05) is 69.3 Å². The molecule has 4 bridgehead atoms. The number of likely N-dealkylation sites (N-methyl/N-ethyl adjacent to an activating group) is 1. The van der Waals surface area contributed by atoms with E-state index in [0.717, 1.165) is 60.1 Å². The number of hydrogen-bond acceptors (Lipinski definition) is 25. The molecule has 0 spiro atoms. The number of aromatic hydroxyl groups is 1. The number of fused-ring (bicyclic) bond motifs is 7. The van der Waals surface area contributed by atoms with Crippen molar-refractivity contribution in [1.29, 1.82) is 0 Å². The number of phenols is 1. The number of epoxide rings is 1. The molecule has 0 aliphatic carbocycles. The van der Waals surface area contributed by atoms with Gasteiger partial charge in [0.1, 0.15) is 88.8 Å². The molecule has 11 rings (SSSR count). The standard InChI is InChI=1S/C95H122ClN15O19S4/c1-53(2)82-91(122)107-73(89(120)103-68(84(98)115)45-60-49-100-65-27-16-14-25-63(60)65)52-134-133-51-72(90(121)104-70(42-58-31-33-62(112)34-32-58)87(118)105-71(46-61-50-101-66-28-17-15-26-64(61)66)88(119)102-67(85(116)108-82)29-18-19-36-97)106-86(117)69(41-57-23-12-11-13-24-57)99-37-21-38-131-132-39-35-79(113)110(7)56(5)92(123)129-78-47-80(114)111(8)74-43-59(44-75(126-9)81(74)96)40-54(3)22-20-30-77(127-10)95(125)48-76(128-93(124)109-95)55(4)83-94(78,6)130-83/h11-17,20,22-28,30-34,43-44,49-50,53,55-56,67-73,76-78,82-83,99-101,112,125H,18-19,21,29,35-42,45-48,51-52,97H2,1-10H3,(H2,98,115)(H,102,119)(H,103,120)(H,104,121)(H,105,118)(H,106,117)(H,107,122)(H,108,116)(H,109,124)/b30-20+,54-22+/t55-,56+,67+,68+,69-,70+,71-,72+,73+,76+,77-,78+,82+,83+,94+,95+/m1/s1. The van der Waals surface area contributed by atoms with Gasteiger partial charge in [0, 0.05) is 116 Å². The van der Waals surface area contributed by atoms with Crippen molar-refractivity contribution in [2.24, 2.45) is 23.3 Å². The summed E-state index contributed by atoms with van der Waals surface area (Å²) in [6.45, 7) is 10.7. The van der Waals surface area contributed by atoms with E-state index in [2.05, 4.69) is 57.8 Å². The SMILES string of the molecule is COc1cc2cc(c1Cl)N(C)C(=O)C[C@H](OC(=O)[C@H](C)N(C)C(=O)CCSSCCCN[C@H](Cc1ccccc1)C(=O)N[C@H]1CSSC[C@@H](C(=O)N[C@@H](Cc3c[nH]c4ccccc34)C(N)=O)NC(=O)[C@H](C(C)C)NC(=O)[C@H](CCCCN)NC(=O)[C@@H](Cc3c[nH]c4ccccc34)NC(=O)[C@H](Cc3ccc(O)cc3)NC1=O)[C@]1(C)O[C@H]1[C@H](C)[C@@H]1C[C@@](O)(NC(=O)O1)[C@H](OC)/C=C/C=C(\C)C2. The normalized spacial score (nSPS) is 25.0. The molecule has 39 heteroatoms. The molecule has 17 N–H and O–H groups in total. The molecule has 0 radical (unpaired) electrons. The number of alkyl carbamates (subject to hydrolysis) is 1. The molecule has 11 amide bonds. The van der Waals surface area contributed by atoms with Gasteiger partial charge in [-0.05, 0) is 143 Å². The van der Waals surface area contributed by atoms with Crippen LogP contribution in [0.15, 0.2) is 151 Å². The van der Waals surface area contributed by atoms with E-state index in [1.165, 1.54) is 71.7 Å². The molecule has 5 aromatic carbocycles. The largest absolute Gasteiger partial charge is 0.508 e. The highest BCUT2D eigenvalue weighted by Gasteiger charge is 2.65. The number of halogens is 1. The molecule has 4 aliphatic heterocycles. The number of anilines is 1. The van der Waals surface area contributed by atoms with Crippen molar-refractivity contribution >= 4 is 153 Å². The topological polar surface area (TPSA) is 493 Å². The minimum absolute atomic E-state index is 0.000576. The molecule has 34 nitrogen and oxygen atoms in total. The molecule has 4 aliphatic rings. The number of unbranched alkanes of at least 4 members (excludes halogenated alkanes) is 1. The Kier molecular flexibility index (Phi) is 37.6. The lowest BCUT2D eigenvalue weighted by Gasteiger charge is -2.42. The number of carbonyl (C=O) groups is 12. The summed E-state index contributed by atoms with van der Waals surface area (Å²) < 4.78 is 29.9. The van der Waals surface area contributed by atoms with Crippen LogP contribution in [0.2, 0.25) is 5.02 Å². The maximum absolute atomic E-state index is 15.5. The van der Waals surface area contributed by atoms with Gasteiger partial charge in [-0.1, -0.05) is 178 Å². The number of amides is 11. The maximum atomic E-state index is 15.5. The quantitative estimate of drug-likeness (QED) is 0.00848. The average molecular weight is 1940 g/mol. The van der Waals surface area contributed by atoms with E-state index < -0.39 is 174 Å². The number of aliphatic hydroxyl groups is 1. The predicted octanol–water partition coefficient (Wildman–Crippen LogP) is 7.33. The zero-order valence-electron chi connectivity index (χ0n) is 76.6. The summed E-state index contributed by atoms with van der Waals surface area (Å²) >= 11 is 6.92. The molecule has 7 aromatic rings. The van der Waals surface area contributed by atoms with Crippen molar-refractivity contribution in [3.05, 3.63) is 184 Å². The third-order valence-electron chi connectivity index (χ3n) is 24.5. The third kappa shape index (κ3) is 27.7. The summed E-state index contributed by atoms with van der Waals surface area (Å²) in [6, 6.07) is 21.4. The van der Waals surface area contributed by atoms with Crippen LogP contribution in [0.5, 0.6) is 11.5 Å². The van der Waals surface area contributed by atoms with Gasteiger partial charge >= 0.3 is 12.1 Å². The van der Waals surface area contributed by atoms with Crippen molar-refractivity contribution in [3.8, 4) is 11.5 Å². The number of H-pyrrole nitrogens is 2. The number of para-hydroxylation sites is 2. The summed E-state index contributed by atoms with van der Waals surface area (Å²) in [6.07, 6.45) is 4.53. The van der Waals surface area contributed by atoms with Crippen LogP contribution < -0.4 is 69.0 Å². The Balaban J connectivity index is 0.792. The first-order valence-electron chi connectivity index (χ1n) is 44.7.